The topological polar surface area (TPSA) is 12.4 Å². The van der Waals surface area contributed by atoms with E-state index < -0.39 is 0 Å². The van der Waals surface area contributed by atoms with E-state index in [0.29, 0.717) is 0 Å². The average Bonchev–Trinajstić information content (AvgIpc) is 1.65. The zero-order valence-electron chi connectivity index (χ0n) is 3.80. The van der Waals surface area contributed by atoms with Crippen molar-refractivity contribution in [1.29, 1.82) is 0 Å². The highest BCUT2D eigenvalue weighted by molar-refractivity contribution is 8.13. The third kappa shape index (κ3) is 2.60. The number of rotatable bonds is 0. The molecule has 0 radical (unpaired) electrons. The van der Waals surface area contributed by atoms with Crippen LogP contribution in [0.3, 0.4) is 0 Å². The standard InChI is InChI=1S/C3H7NS2/c1-3(4-5)6-2/h5H,1-2H3/b4-3+. The third-order valence-electron chi connectivity index (χ3n) is 0.436. The summed E-state index contributed by atoms with van der Waals surface area (Å²) in [6, 6.07) is 0. The Morgan fingerprint density at radius 2 is 2.33 bits per heavy atom. The van der Waals surface area contributed by atoms with Gasteiger partial charge in [-0.2, -0.15) is 0 Å². The van der Waals surface area contributed by atoms with Crippen molar-refractivity contribution < 1.29 is 0 Å². The van der Waals surface area contributed by atoms with E-state index in [1.807, 2.05) is 13.2 Å². The molecule has 36 valence electrons. The average molecular weight is 121 g/mol. The van der Waals surface area contributed by atoms with Crippen molar-refractivity contribution in [3.8, 4) is 0 Å². The fourth-order valence-electron chi connectivity index (χ4n) is 0.0408. The maximum absolute atomic E-state index is 3.66. The predicted octanol–water partition coefficient (Wildman–Crippen LogP) is 1.61. The first-order chi connectivity index (χ1) is 2.81. The predicted molar refractivity (Wildman–Crippen MR) is 35.6 cm³/mol. The molecule has 3 heteroatoms. The Morgan fingerprint density at radius 1 is 1.83 bits per heavy atom. The van der Waals surface area contributed by atoms with E-state index in [9.17, 15) is 0 Å². The zero-order valence-corrected chi connectivity index (χ0v) is 5.51. The van der Waals surface area contributed by atoms with Gasteiger partial charge in [-0.3, -0.25) is 0 Å². The van der Waals surface area contributed by atoms with Gasteiger partial charge in [0.25, 0.3) is 0 Å². The molecular weight excluding hydrogens is 114 g/mol. The van der Waals surface area contributed by atoms with Gasteiger partial charge < -0.3 is 0 Å². The second kappa shape index (κ2) is 3.56. The van der Waals surface area contributed by atoms with Crippen LogP contribution in [0.15, 0.2) is 4.40 Å². The SMILES string of the molecule is CS/C(C)=N/S. The summed E-state index contributed by atoms with van der Waals surface area (Å²) in [5, 5.41) is 0.998. The van der Waals surface area contributed by atoms with Crippen molar-refractivity contribution >= 4 is 29.6 Å². The summed E-state index contributed by atoms with van der Waals surface area (Å²) >= 11 is 5.26. The van der Waals surface area contributed by atoms with Crippen LogP contribution >= 0.6 is 24.6 Å². The maximum Gasteiger partial charge on any atom is 0.0778 e. The third-order valence-corrected chi connectivity index (χ3v) is 1.55. The molecule has 0 aliphatic carbocycles. The van der Waals surface area contributed by atoms with Gasteiger partial charge in [0.15, 0.2) is 0 Å². The molecule has 0 fully saturated rings. The van der Waals surface area contributed by atoms with Crippen LogP contribution in [0.25, 0.3) is 0 Å². The molecule has 0 atom stereocenters. The number of thioether (sulfide) groups is 1. The Balaban J connectivity index is 3.22. The van der Waals surface area contributed by atoms with Crippen molar-refractivity contribution in [2.75, 3.05) is 6.26 Å². The van der Waals surface area contributed by atoms with Crippen molar-refractivity contribution in [3.05, 3.63) is 0 Å². The van der Waals surface area contributed by atoms with E-state index in [4.69, 9.17) is 0 Å². The van der Waals surface area contributed by atoms with Gasteiger partial charge in [-0.1, -0.05) is 0 Å². The van der Waals surface area contributed by atoms with E-state index in [-0.39, 0.29) is 0 Å². The Bertz CT molecular complexity index is 59.8. The lowest BCUT2D eigenvalue weighted by Gasteiger charge is -1.82. The maximum atomic E-state index is 3.66. The van der Waals surface area contributed by atoms with E-state index >= 15 is 0 Å². The van der Waals surface area contributed by atoms with Gasteiger partial charge in [-0.15, -0.1) is 11.8 Å². The van der Waals surface area contributed by atoms with Crippen molar-refractivity contribution in [1.82, 2.24) is 0 Å². The van der Waals surface area contributed by atoms with Gasteiger partial charge in [0.2, 0.25) is 0 Å². The highest BCUT2D eigenvalue weighted by Gasteiger charge is 1.76. The number of hydrogen-bond donors (Lipinski definition) is 1. The molecule has 6 heavy (non-hydrogen) atoms. The van der Waals surface area contributed by atoms with Crippen LogP contribution in [0.4, 0.5) is 0 Å². The van der Waals surface area contributed by atoms with Crippen LogP contribution in [0, 0.1) is 0 Å². The first kappa shape index (κ1) is 6.37. The lowest BCUT2D eigenvalue weighted by molar-refractivity contribution is 1.88. The molecule has 0 rings (SSSR count). The fourth-order valence-corrected chi connectivity index (χ4v) is 0.367. The van der Waals surface area contributed by atoms with E-state index in [1.54, 1.807) is 11.8 Å². The Hall–Kier alpha value is 0.370. The highest BCUT2D eigenvalue weighted by atomic mass is 32.2. The minimum atomic E-state index is 0.998. The van der Waals surface area contributed by atoms with Gasteiger partial charge in [0, 0.05) is 0 Å². The number of hydrogen-bond acceptors (Lipinski definition) is 3. The number of nitrogens with zero attached hydrogens (tertiary/aromatic N) is 1. The molecule has 0 saturated carbocycles. The molecule has 1 nitrogen and oxygen atoms in total. The molecule has 0 bridgehead atoms. The first-order valence-corrected chi connectivity index (χ1v) is 3.16. The summed E-state index contributed by atoms with van der Waals surface area (Å²) in [4.78, 5) is 0. The second-order valence-electron chi connectivity index (χ2n) is 0.823. The smallest absolute Gasteiger partial charge is 0.0778 e. The molecule has 0 aliphatic heterocycles. The van der Waals surface area contributed by atoms with E-state index in [1.165, 1.54) is 0 Å². The van der Waals surface area contributed by atoms with Gasteiger partial charge in [-0.25, -0.2) is 4.40 Å². The van der Waals surface area contributed by atoms with Crippen LogP contribution in [-0.4, -0.2) is 11.3 Å². The largest absolute Gasteiger partial charge is 0.218 e. The lowest BCUT2D eigenvalue weighted by atomic mass is 10.9. The Kier molecular flexibility index (Phi) is 3.78. The van der Waals surface area contributed by atoms with Gasteiger partial charge in [0.1, 0.15) is 0 Å². The van der Waals surface area contributed by atoms with Crippen LogP contribution < -0.4 is 0 Å². The van der Waals surface area contributed by atoms with Crippen LogP contribution in [0.1, 0.15) is 6.92 Å². The summed E-state index contributed by atoms with van der Waals surface area (Å²) in [7, 11) is 0. The monoisotopic (exact) mass is 121 g/mol. The minimum absolute atomic E-state index is 0.998. The van der Waals surface area contributed by atoms with Gasteiger partial charge in [0.05, 0.1) is 5.04 Å². The fraction of sp³-hybridized carbons (Fsp3) is 0.667. The van der Waals surface area contributed by atoms with E-state index in [2.05, 4.69) is 17.2 Å². The van der Waals surface area contributed by atoms with Crippen LogP contribution in [0.5, 0.6) is 0 Å². The zero-order chi connectivity index (χ0) is 4.99. The van der Waals surface area contributed by atoms with Gasteiger partial charge >= 0.3 is 0 Å². The summed E-state index contributed by atoms with van der Waals surface area (Å²) < 4.78 is 3.58. The lowest BCUT2D eigenvalue weighted by Crippen LogP contribution is -1.73. The molecule has 0 saturated heterocycles. The van der Waals surface area contributed by atoms with Crippen LogP contribution in [0.2, 0.25) is 0 Å². The second-order valence-corrected chi connectivity index (χ2v) is 2.02. The van der Waals surface area contributed by atoms with E-state index in [0.717, 1.165) is 5.04 Å². The summed E-state index contributed by atoms with van der Waals surface area (Å²) in [6.07, 6.45) is 1.97. The highest BCUT2D eigenvalue weighted by Crippen LogP contribution is 1.96. The summed E-state index contributed by atoms with van der Waals surface area (Å²) in [5.41, 5.74) is 0. The van der Waals surface area contributed by atoms with Crippen molar-refractivity contribution in [2.45, 2.75) is 6.92 Å². The summed E-state index contributed by atoms with van der Waals surface area (Å²) in [6.45, 7) is 1.91. The molecule has 0 heterocycles. The quantitative estimate of drug-likeness (QED) is 0.292. The Morgan fingerprint density at radius 3 is 2.33 bits per heavy atom. The van der Waals surface area contributed by atoms with Gasteiger partial charge in [-0.05, 0) is 26.0 Å². The van der Waals surface area contributed by atoms with Crippen LogP contribution in [-0.2, 0) is 0 Å². The van der Waals surface area contributed by atoms with Crippen molar-refractivity contribution in [2.24, 2.45) is 4.40 Å². The Labute approximate surface area is 47.8 Å². The minimum Gasteiger partial charge on any atom is -0.218 e. The molecule has 0 amide bonds. The number of thiol groups is 1. The molecular formula is C3H7NS2. The molecule has 0 spiro atoms. The van der Waals surface area contributed by atoms with Crippen molar-refractivity contribution in [3.63, 3.8) is 0 Å². The molecule has 0 N–H and O–H groups in total. The normalized spacial score (nSPS) is 12.2. The molecule has 0 aromatic rings. The molecule has 0 aromatic carbocycles. The first-order valence-electron chi connectivity index (χ1n) is 1.54. The molecule has 0 aromatic heterocycles. The molecule has 0 aliphatic rings. The summed E-state index contributed by atoms with van der Waals surface area (Å²) in [5.74, 6) is 0. The molecule has 0 unspecified atom stereocenters.